The molecule has 5 rings (SSSR count). The van der Waals surface area contributed by atoms with Crippen LogP contribution in [0.15, 0.2) is 53.0 Å². The highest BCUT2D eigenvalue weighted by atomic mass is 35.5. The van der Waals surface area contributed by atoms with Crippen molar-refractivity contribution < 1.29 is 17.6 Å². The average Bonchev–Trinajstić information content (AvgIpc) is 3.61. The molecule has 1 aliphatic heterocycles. The van der Waals surface area contributed by atoms with Crippen LogP contribution in [0.25, 0.3) is 10.2 Å². The van der Waals surface area contributed by atoms with Crippen molar-refractivity contribution in [2.45, 2.75) is 23.6 Å². The van der Waals surface area contributed by atoms with Crippen LogP contribution >= 0.6 is 34.3 Å². The number of thiazole rings is 1. The molecule has 1 aromatic carbocycles. The first-order chi connectivity index (χ1) is 16.8. The van der Waals surface area contributed by atoms with Crippen LogP contribution in [-0.4, -0.2) is 53.0 Å². The van der Waals surface area contributed by atoms with Crippen LogP contribution in [0, 0.1) is 11.7 Å². The Kier molecular flexibility index (Phi) is 6.91. The summed E-state index contributed by atoms with van der Waals surface area (Å²) in [5.74, 6) is -0.952. The summed E-state index contributed by atoms with van der Waals surface area (Å²) in [7, 11) is -3.65. The van der Waals surface area contributed by atoms with Gasteiger partial charge in [0.05, 0.1) is 15.6 Å². The molecular formula is C22H21ClFN5O3S3. The second kappa shape index (κ2) is 9.94. The number of carbonyl (C=O) groups excluding carboxylic acids is 1. The van der Waals surface area contributed by atoms with E-state index in [1.165, 1.54) is 27.8 Å². The standard InChI is InChI=1S/C22H21ClFN5O3S3/c23-18-5-6-19(34-18)35(31,32)28-11-7-15(8-12-28)21(30)29(14-13-27-10-2-9-25-27)22-26-20-16(24)3-1-4-17(20)33-22/h1-6,9-10,15H,7-8,11-14H2. The highest BCUT2D eigenvalue weighted by molar-refractivity contribution is 7.91. The molecular weight excluding hydrogens is 533 g/mol. The van der Waals surface area contributed by atoms with Crippen LogP contribution in [-0.2, 0) is 21.4 Å². The lowest BCUT2D eigenvalue weighted by Gasteiger charge is -2.32. The molecule has 0 aliphatic carbocycles. The Labute approximate surface area is 214 Å². The minimum Gasteiger partial charge on any atom is -0.286 e. The second-order valence-electron chi connectivity index (χ2n) is 8.08. The predicted octanol–water partition coefficient (Wildman–Crippen LogP) is 4.48. The molecule has 184 valence electrons. The van der Waals surface area contributed by atoms with Crippen LogP contribution in [0.4, 0.5) is 9.52 Å². The van der Waals surface area contributed by atoms with E-state index in [9.17, 15) is 17.6 Å². The summed E-state index contributed by atoms with van der Waals surface area (Å²) in [6.07, 6.45) is 4.24. The number of hydrogen-bond acceptors (Lipinski definition) is 7. The van der Waals surface area contributed by atoms with E-state index < -0.39 is 15.8 Å². The number of hydrogen-bond donors (Lipinski definition) is 0. The van der Waals surface area contributed by atoms with E-state index in [4.69, 9.17) is 11.6 Å². The normalized spacial score (nSPS) is 15.6. The number of amides is 1. The van der Waals surface area contributed by atoms with Gasteiger partial charge in [0.25, 0.3) is 10.0 Å². The summed E-state index contributed by atoms with van der Waals surface area (Å²) in [4.78, 5) is 19.6. The average molecular weight is 554 g/mol. The van der Waals surface area contributed by atoms with Crippen LogP contribution < -0.4 is 4.90 Å². The zero-order valence-electron chi connectivity index (χ0n) is 18.4. The Balaban J connectivity index is 1.35. The highest BCUT2D eigenvalue weighted by Crippen LogP contribution is 2.34. The molecule has 0 unspecified atom stereocenters. The zero-order valence-corrected chi connectivity index (χ0v) is 21.6. The number of piperidine rings is 1. The Hall–Kier alpha value is -2.38. The third-order valence-corrected chi connectivity index (χ3v) is 10.6. The zero-order chi connectivity index (χ0) is 24.6. The number of para-hydroxylation sites is 1. The number of thiophene rings is 1. The lowest BCUT2D eigenvalue weighted by atomic mass is 9.96. The quantitative estimate of drug-likeness (QED) is 0.337. The lowest BCUT2D eigenvalue weighted by Crippen LogP contribution is -2.45. The maximum atomic E-state index is 14.3. The summed E-state index contributed by atoms with van der Waals surface area (Å²) in [5, 5.41) is 4.62. The van der Waals surface area contributed by atoms with Gasteiger partial charge in [0, 0.05) is 37.9 Å². The van der Waals surface area contributed by atoms with Crippen molar-refractivity contribution in [3.63, 3.8) is 0 Å². The molecule has 1 fully saturated rings. The Morgan fingerprint density at radius 1 is 1.17 bits per heavy atom. The molecule has 0 radical (unpaired) electrons. The molecule has 0 spiro atoms. The Bertz CT molecular complexity index is 1450. The minimum absolute atomic E-state index is 0.146. The summed E-state index contributed by atoms with van der Waals surface area (Å²) >= 11 is 8.20. The van der Waals surface area contributed by atoms with Gasteiger partial charge in [-0.3, -0.25) is 14.4 Å². The molecule has 0 atom stereocenters. The van der Waals surface area contributed by atoms with Gasteiger partial charge in [0.2, 0.25) is 5.91 Å². The smallest absolute Gasteiger partial charge is 0.252 e. The molecule has 0 saturated carbocycles. The van der Waals surface area contributed by atoms with Crippen molar-refractivity contribution in [3.8, 4) is 0 Å². The van der Waals surface area contributed by atoms with Crippen LogP contribution in [0.1, 0.15) is 12.8 Å². The van der Waals surface area contributed by atoms with Crippen molar-refractivity contribution in [1.82, 2.24) is 19.1 Å². The van der Waals surface area contributed by atoms with E-state index in [1.807, 2.05) is 0 Å². The van der Waals surface area contributed by atoms with E-state index in [0.717, 1.165) is 11.3 Å². The first-order valence-electron chi connectivity index (χ1n) is 10.9. The molecule has 35 heavy (non-hydrogen) atoms. The molecule has 1 amide bonds. The van der Waals surface area contributed by atoms with E-state index in [2.05, 4.69) is 10.1 Å². The topological polar surface area (TPSA) is 88.4 Å². The van der Waals surface area contributed by atoms with Gasteiger partial charge in [-0.2, -0.15) is 9.40 Å². The minimum atomic E-state index is -3.65. The number of carbonyl (C=O) groups is 1. The van der Waals surface area contributed by atoms with Gasteiger partial charge >= 0.3 is 0 Å². The van der Waals surface area contributed by atoms with Crippen molar-refractivity contribution in [1.29, 1.82) is 0 Å². The second-order valence-corrected chi connectivity index (χ2v) is 13.0. The van der Waals surface area contributed by atoms with Crippen molar-refractivity contribution in [3.05, 3.63) is 58.9 Å². The fourth-order valence-corrected chi connectivity index (χ4v) is 8.20. The third kappa shape index (κ3) is 4.98. The first-order valence-corrected chi connectivity index (χ1v) is 14.4. The molecule has 4 heterocycles. The SMILES string of the molecule is O=C(C1CCN(S(=O)(=O)c2ccc(Cl)s2)CC1)N(CCn1cccn1)c1nc2c(F)cccc2s1. The van der Waals surface area contributed by atoms with E-state index in [-0.39, 0.29) is 34.6 Å². The van der Waals surface area contributed by atoms with Crippen LogP contribution in [0.5, 0.6) is 0 Å². The van der Waals surface area contributed by atoms with Gasteiger partial charge in [0.15, 0.2) is 5.13 Å². The van der Waals surface area contributed by atoms with Gasteiger partial charge in [0.1, 0.15) is 15.5 Å². The molecule has 3 aromatic heterocycles. The molecule has 0 N–H and O–H groups in total. The molecule has 13 heteroatoms. The fourth-order valence-electron chi connectivity index (χ4n) is 4.08. The number of anilines is 1. The number of nitrogens with zero attached hydrogens (tertiary/aromatic N) is 5. The number of halogens is 2. The fraction of sp³-hybridized carbons (Fsp3) is 0.318. The molecule has 4 aromatic rings. The number of fused-ring (bicyclic) bond motifs is 1. The molecule has 0 bridgehead atoms. The van der Waals surface area contributed by atoms with Gasteiger partial charge < -0.3 is 0 Å². The van der Waals surface area contributed by atoms with E-state index in [0.29, 0.717) is 40.1 Å². The summed E-state index contributed by atoms with van der Waals surface area (Å²) in [6.45, 7) is 1.23. The Morgan fingerprint density at radius 2 is 1.97 bits per heavy atom. The maximum absolute atomic E-state index is 14.3. The number of rotatable bonds is 7. The van der Waals surface area contributed by atoms with Crippen LogP contribution in [0.3, 0.4) is 0 Å². The van der Waals surface area contributed by atoms with E-state index in [1.54, 1.807) is 46.2 Å². The van der Waals surface area contributed by atoms with Gasteiger partial charge in [-0.05, 0) is 43.2 Å². The Morgan fingerprint density at radius 3 is 2.63 bits per heavy atom. The van der Waals surface area contributed by atoms with Gasteiger partial charge in [-0.25, -0.2) is 17.8 Å². The lowest BCUT2D eigenvalue weighted by molar-refractivity contribution is -0.123. The number of aromatic nitrogens is 3. The van der Waals surface area contributed by atoms with Gasteiger partial charge in [-0.15, -0.1) is 11.3 Å². The highest BCUT2D eigenvalue weighted by Gasteiger charge is 2.35. The van der Waals surface area contributed by atoms with Crippen molar-refractivity contribution in [2.75, 3.05) is 24.5 Å². The molecule has 1 saturated heterocycles. The predicted molar refractivity (Wildman–Crippen MR) is 135 cm³/mol. The maximum Gasteiger partial charge on any atom is 0.252 e. The number of benzene rings is 1. The largest absolute Gasteiger partial charge is 0.286 e. The summed E-state index contributed by atoms with van der Waals surface area (Å²) in [6, 6.07) is 9.60. The molecule has 1 aliphatic rings. The number of sulfonamides is 1. The van der Waals surface area contributed by atoms with Crippen molar-refractivity contribution in [2.24, 2.45) is 5.92 Å². The monoisotopic (exact) mass is 553 g/mol. The summed E-state index contributed by atoms with van der Waals surface area (Å²) in [5.41, 5.74) is 0.236. The van der Waals surface area contributed by atoms with Crippen LogP contribution in [0.2, 0.25) is 4.34 Å². The van der Waals surface area contributed by atoms with Gasteiger partial charge in [-0.1, -0.05) is 29.0 Å². The summed E-state index contributed by atoms with van der Waals surface area (Å²) < 4.78 is 44.5. The third-order valence-electron chi connectivity index (χ3n) is 5.91. The van der Waals surface area contributed by atoms with Crippen molar-refractivity contribution >= 4 is 65.6 Å². The first kappa shape index (κ1) is 24.3. The molecule has 8 nitrogen and oxygen atoms in total. The van der Waals surface area contributed by atoms with E-state index >= 15 is 0 Å².